The minimum absolute atomic E-state index is 0. The van der Waals surface area contributed by atoms with E-state index in [2.05, 4.69) is 0 Å². The van der Waals surface area contributed by atoms with Gasteiger partial charge in [0.15, 0.2) is 0 Å². The SMILES string of the molecule is C.CCCOCN(CCO)C(CO)(CO)CO. The molecule has 0 saturated carbocycles. The number of nitrogens with zero attached hydrogens (tertiary/aromatic N) is 1. The molecule has 4 N–H and O–H groups in total. The van der Waals surface area contributed by atoms with Gasteiger partial charge in [-0.2, -0.15) is 0 Å². The molecule has 0 fully saturated rings. The van der Waals surface area contributed by atoms with Crippen LogP contribution < -0.4 is 0 Å². The van der Waals surface area contributed by atoms with Crippen LogP contribution in [-0.4, -0.2) is 77.2 Å². The van der Waals surface area contributed by atoms with Crippen molar-refractivity contribution in [1.82, 2.24) is 4.90 Å². The quantitative estimate of drug-likeness (QED) is 0.295. The van der Waals surface area contributed by atoms with Crippen LogP contribution in [0.2, 0.25) is 0 Å². The Morgan fingerprint density at radius 2 is 1.59 bits per heavy atom. The summed E-state index contributed by atoms with van der Waals surface area (Å²) in [6.45, 7) is 1.60. The Bertz CT molecular complexity index is 156. The van der Waals surface area contributed by atoms with Crippen molar-refractivity contribution < 1.29 is 25.2 Å². The molecule has 6 heteroatoms. The summed E-state index contributed by atoms with van der Waals surface area (Å²) in [6.07, 6.45) is 0.858. The molecule has 0 radical (unpaired) electrons. The van der Waals surface area contributed by atoms with Crippen molar-refractivity contribution in [1.29, 1.82) is 0 Å². The molecular weight excluding hydrogens is 226 g/mol. The number of hydrogen-bond acceptors (Lipinski definition) is 6. The molecule has 0 bridgehead atoms. The van der Waals surface area contributed by atoms with E-state index in [1.165, 1.54) is 0 Å². The predicted molar refractivity (Wildman–Crippen MR) is 65.6 cm³/mol. The zero-order chi connectivity index (χ0) is 12.4. The summed E-state index contributed by atoms with van der Waals surface area (Å²) in [5.41, 5.74) is -1.14. The van der Waals surface area contributed by atoms with E-state index in [-0.39, 0.29) is 27.3 Å². The number of rotatable bonds is 10. The van der Waals surface area contributed by atoms with Crippen LogP contribution >= 0.6 is 0 Å². The molecule has 0 aliphatic carbocycles. The Labute approximate surface area is 103 Å². The maximum Gasteiger partial charge on any atom is 0.0997 e. The number of ether oxygens (including phenoxy) is 1. The topological polar surface area (TPSA) is 93.4 Å². The standard InChI is InChI=1S/C10H23NO5.CH4/c1-2-5-16-9-11(3-4-12)10(6-13,7-14)8-15;/h12-15H,2-9H2,1H3;1H4. The van der Waals surface area contributed by atoms with Gasteiger partial charge in [-0.25, -0.2) is 0 Å². The normalized spacial score (nSPS) is 11.6. The van der Waals surface area contributed by atoms with Gasteiger partial charge >= 0.3 is 0 Å². The number of β-amino-alcohol motifs (C(OH)–C–C–N with tert-alkyl or cyclic N) is 1. The molecule has 0 saturated heterocycles. The Kier molecular flexibility index (Phi) is 12.2. The van der Waals surface area contributed by atoms with Crippen LogP contribution in [0.15, 0.2) is 0 Å². The molecule has 0 spiro atoms. The lowest BCUT2D eigenvalue weighted by Crippen LogP contribution is -2.58. The van der Waals surface area contributed by atoms with Crippen molar-refractivity contribution in [2.75, 3.05) is 46.3 Å². The van der Waals surface area contributed by atoms with Crippen LogP contribution in [0.5, 0.6) is 0 Å². The summed E-state index contributed by atoms with van der Waals surface area (Å²) in [6, 6.07) is 0. The first-order valence-corrected chi connectivity index (χ1v) is 5.47. The number of hydrogen-bond donors (Lipinski definition) is 4. The second-order valence-corrected chi connectivity index (χ2v) is 3.72. The molecule has 106 valence electrons. The van der Waals surface area contributed by atoms with E-state index in [0.717, 1.165) is 6.42 Å². The van der Waals surface area contributed by atoms with E-state index in [1.54, 1.807) is 4.90 Å². The van der Waals surface area contributed by atoms with Gasteiger partial charge in [-0.3, -0.25) is 4.90 Å². The minimum atomic E-state index is -1.14. The third-order valence-electron chi connectivity index (χ3n) is 2.52. The largest absolute Gasteiger partial charge is 0.395 e. The fraction of sp³-hybridized carbons (Fsp3) is 1.00. The molecule has 6 nitrogen and oxygen atoms in total. The van der Waals surface area contributed by atoms with Crippen molar-refractivity contribution in [2.24, 2.45) is 0 Å². The van der Waals surface area contributed by atoms with Crippen molar-refractivity contribution in [2.45, 2.75) is 26.3 Å². The molecule has 0 aliphatic rings. The van der Waals surface area contributed by atoms with Gasteiger partial charge in [-0.05, 0) is 6.42 Å². The lowest BCUT2D eigenvalue weighted by molar-refractivity contribution is -0.103. The average molecular weight is 253 g/mol. The Morgan fingerprint density at radius 1 is 1.06 bits per heavy atom. The monoisotopic (exact) mass is 253 g/mol. The summed E-state index contributed by atoms with van der Waals surface area (Å²) < 4.78 is 5.29. The van der Waals surface area contributed by atoms with Crippen molar-refractivity contribution >= 4 is 0 Å². The van der Waals surface area contributed by atoms with Gasteiger partial charge in [0.05, 0.1) is 38.7 Å². The second-order valence-electron chi connectivity index (χ2n) is 3.72. The first kappa shape index (κ1) is 19.1. The van der Waals surface area contributed by atoms with Crippen LogP contribution in [0.3, 0.4) is 0 Å². The highest BCUT2D eigenvalue weighted by Crippen LogP contribution is 2.13. The Hall–Kier alpha value is -0.240. The Balaban J connectivity index is 0. The summed E-state index contributed by atoms with van der Waals surface area (Å²) >= 11 is 0. The van der Waals surface area contributed by atoms with E-state index in [9.17, 15) is 15.3 Å². The fourth-order valence-corrected chi connectivity index (χ4v) is 1.33. The number of aliphatic hydroxyl groups excluding tert-OH is 4. The maximum atomic E-state index is 9.23. The fourth-order valence-electron chi connectivity index (χ4n) is 1.33. The van der Waals surface area contributed by atoms with E-state index in [1.807, 2.05) is 6.92 Å². The summed E-state index contributed by atoms with van der Waals surface area (Å²) in [5, 5.41) is 36.6. The molecule has 0 aromatic heterocycles. The van der Waals surface area contributed by atoms with Gasteiger partial charge < -0.3 is 25.2 Å². The molecular formula is C11H27NO5. The van der Waals surface area contributed by atoms with E-state index < -0.39 is 25.4 Å². The molecule has 0 heterocycles. The molecule has 0 aromatic rings. The van der Waals surface area contributed by atoms with E-state index in [0.29, 0.717) is 6.61 Å². The lowest BCUT2D eigenvalue weighted by Gasteiger charge is -2.39. The van der Waals surface area contributed by atoms with Gasteiger partial charge in [0.2, 0.25) is 0 Å². The summed E-state index contributed by atoms with van der Waals surface area (Å²) in [4.78, 5) is 1.54. The molecule has 17 heavy (non-hydrogen) atoms. The number of aliphatic hydroxyl groups is 4. The predicted octanol–water partition coefficient (Wildman–Crippen LogP) is -0.983. The van der Waals surface area contributed by atoms with Crippen molar-refractivity contribution in [3.8, 4) is 0 Å². The lowest BCUT2D eigenvalue weighted by atomic mass is 10.0. The van der Waals surface area contributed by atoms with Crippen LogP contribution in [0.1, 0.15) is 20.8 Å². The molecule has 0 unspecified atom stereocenters. The zero-order valence-electron chi connectivity index (χ0n) is 9.80. The summed E-state index contributed by atoms with van der Waals surface area (Å²) in [5.74, 6) is 0. The average Bonchev–Trinajstić information content (AvgIpc) is 2.32. The van der Waals surface area contributed by atoms with Gasteiger partial charge in [-0.15, -0.1) is 0 Å². The first-order valence-electron chi connectivity index (χ1n) is 5.47. The second kappa shape index (κ2) is 10.9. The third kappa shape index (κ3) is 5.76. The highest BCUT2D eigenvalue weighted by molar-refractivity contribution is 4.88. The summed E-state index contributed by atoms with van der Waals surface area (Å²) in [7, 11) is 0. The maximum absolute atomic E-state index is 9.23. The van der Waals surface area contributed by atoms with Gasteiger partial charge in [0, 0.05) is 13.2 Å². The molecule has 0 atom stereocenters. The highest BCUT2D eigenvalue weighted by Gasteiger charge is 2.35. The minimum Gasteiger partial charge on any atom is -0.395 e. The highest BCUT2D eigenvalue weighted by atomic mass is 16.5. The molecule has 0 amide bonds. The van der Waals surface area contributed by atoms with Gasteiger partial charge in [0.25, 0.3) is 0 Å². The smallest absolute Gasteiger partial charge is 0.0997 e. The van der Waals surface area contributed by atoms with E-state index >= 15 is 0 Å². The van der Waals surface area contributed by atoms with Gasteiger partial charge in [0.1, 0.15) is 0 Å². The van der Waals surface area contributed by atoms with Crippen LogP contribution in [0.4, 0.5) is 0 Å². The molecule has 0 aliphatic heterocycles. The van der Waals surface area contributed by atoms with Gasteiger partial charge in [-0.1, -0.05) is 14.4 Å². The van der Waals surface area contributed by atoms with E-state index in [4.69, 9.17) is 9.84 Å². The Morgan fingerprint density at radius 3 is 1.94 bits per heavy atom. The third-order valence-corrected chi connectivity index (χ3v) is 2.52. The van der Waals surface area contributed by atoms with Crippen LogP contribution in [-0.2, 0) is 4.74 Å². The van der Waals surface area contributed by atoms with Crippen LogP contribution in [0, 0.1) is 0 Å². The zero-order valence-corrected chi connectivity index (χ0v) is 9.80. The van der Waals surface area contributed by atoms with Crippen LogP contribution in [0.25, 0.3) is 0 Å². The first-order chi connectivity index (χ1) is 7.70. The molecule has 0 rings (SSSR count). The molecule has 0 aromatic carbocycles. The van der Waals surface area contributed by atoms with Crippen molar-refractivity contribution in [3.63, 3.8) is 0 Å². The van der Waals surface area contributed by atoms with Crippen molar-refractivity contribution in [3.05, 3.63) is 0 Å².